The van der Waals surface area contributed by atoms with Crippen LogP contribution in [0.5, 0.6) is 0 Å². The van der Waals surface area contributed by atoms with Gasteiger partial charge in [0.15, 0.2) is 0 Å². The van der Waals surface area contributed by atoms with Gasteiger partial charge >= 0.3 is 6.09 Å². The zero-order valence-electron chi connectivity index (χ0n) is 8.62. The smallest absolute Gasteiger partial charge is 0.410 e. The second-order valence-corrected chi connectivity index (χ2v) is 3.72. The van der Waals surface area contributed by atoms with Crippen LogP contribution in [-0.4, -0.2) is 55.2 Å². The van der Waals surface area contributed by atoms with E-state index >= 15 is 0 Å². The van der Waals surface area contributed by atoms with Crippen molar-refractivity contribution in [2.45, 2.75) is 20.0 Å². The number of hydrogen-bond acceptors (Lipinski definition) is 3. The Morgan fingerprint density at radius 3 is 2.23 bits per heavy atom. The molecule has 0 aromatic carbocycles. The third kappa shape index (κ3) is 3.22. The first-order chi connectivity index (χ1) is 6.09. The summed E-state index contributed by atoms with van der Waals surface area (Å²) in [5.74, 6) is 0. The molecule has 4 heteroatoms. The molecule has 13 heavy (non-hydrogen) atoms. The quantitative estimate of drug-likeness (QED) is 0.606. The highest BCUT2D eigenvalue weighted by Gasteiger charge is 2.20. The van der Waals surface area contributed by atoms with E-state index in [1.807, 2.05) is 13.8 Å². The number of hydrogen-bond donors (Lipinski definition) is 0. The average Bonchev–Trinajstić information content (AvgIpc) is 2.04. The number of piperazine rings is 1. The van der Waals surface area contributed by atoms with Crippen molar-refractivity contribution in [3.63, 3.8) is 0 Å². The maximum absolute atomic E-state index is 11.4. The van der Waals surface area contributed by atoms with Gasteiger partial charge in [-0.15, -0.1) is 0 Å². The van der Waals surface area contributed by atoms with E-state index in [2.05, 4.69) is 11.9 Å². The number of carbonyl (C=O) groups excluding carboxylic acids is 1. The van der Waals surface area contributed by atoms with Crippen LogP contribution in [0.1, 0.15) is 13.8 Å². The molecule has 1 rings (SSSR count). The summed E-state index contributed by atoms with van der Waals surface area (Å²) < 4.78 is 5.09. The van der Waals surface area contributed by atoms with Crippen LogP contribution in [0.25, 0.3) is 0 Å². The van der Waals surface area contributed by atoms with Crippen molar-refractivity contribution >= 4 is 6.09 Å². The monoisotopic (exact) mass is 186 g/mol. The Morgan fingerprint density at radius 2 is 1.77 bits per heavy atom. The molecule has 0 spiro atoms. The molecule has 1 aliphatic heterocycles. The van der Waals surface area contributed by atoms with E-state index in [0.717, 1.165) is 26.2 Å². The minimum absolute atomic E-state index is 0.0212. The second-order valence-electron chi connectivity index (χ2n) is 3.72. The van der Waals surface area contributed by atoms with Crippen LogP contribution >= 0.6 is 0 Å². The average molecular weight is 186 g/mol. The molecule has 0 saturated carbocycles. The molecule has 1 fully saturated rings. The van der Waals surface area contributed by atoms with Gasteiger partial charge in [0.25, 0.3) is 0 Å². The SMILES string of the molecule is CC(C)OC(=O)N1CCN(C)CC1. The summed E-state index contributed by atoms with van der Waals surface area (Å²) >= 11 is 0. The Labute approximate surface area is 79.4 Å². The predicted molar refractivity (Wildman–Crippen MR) is 50.7 cm³/mol. The van der Waals surface area contributed by atoms with E-state index in [9.17, 15) is 4.79 Å². The van der Waals surface area contributed by atoms with E-state index in [-0.39, 0.29) is 12.2 Å². The van der Waals surface area contributed by atoms with Crippen molar-refractivity contribution in [2.75, 3.05) is 33.2 Å². The fraction of sp³-hybridized carbons (Fsp3) is 0.889. The van der Waals surface area contributed by atoms with Crippen molar-refractivity contribution < 1.29 is 9.53 Å². The van der Waals surface area contributed by atoms with Crippen molar-refractivity contribution in [1.29, 1.82) is 0 Å². The van der Waals surface area contributed by atoms with Gasteiger partial charge in [-0.3, -0.25) is 0 Å². The minimum atomic E-state index is -0.178. The third-order valence-electron chi connectivity index (χ3n) is 2.10. The van der Waals surface area contributed by atoms with Gasteiger partial charge in [-0.1, -0.05) is 0 Å². The lowest BCUT2D eigenvalue weighted by Crippen LogP contribution is -2.47. The Balaban J connectivity index is 2.31. The van der Waals surface area contributed by atoms with Crippen molar-refractivity contribution in [1.82, 2.24) is 9.80 Å². The molecule has 0 aliphatic carbocycles. The van der Waals surface area contributed by atoms with Gasteiger partial charge in [0.2, 0.25) is 0 Å². The number of amides is 1. The van der Waals surface area contributed by atoms with E-state index in [1.54, 1.807) is 4.90 Å². The van der Waals surface area contributed by atoms with E-state index in [0.29, 0.717) is 0 Å². The summed E-state index contributed by atoms with van der Waals surface area (Å²) in [7, 11) is 2.06. The van der Waals surface area contributed by atoms with E-state index in [4.69, 9.17) is 4.74 Å². The Bertz CT molecular complexity index is 174. The zero-order chi connectivity index (χ0) is 9.84. The number of likely N-dealkylation sites (N-methyl/N-ethyl adjacent to an activating group) is 1. The normalized spacial score (nSPS) is 19.2. The molecule has 1 aliphatic rings. The molecule has 0 bridgehead atoms. The van der Waals surface area contributed by atoms with Crippen LogP contribution in [0.15, 0.2) is 0 Å². The first kappa shape index (κ1) is 10.3. The molecule has 0 aromatic heterocycles. The lowest BCUT2D eigenvalue weighted by molar-refractivity contribution is 0.0612. The summed E-state index contributed by atoms with van der Waals surface area (Å²) in [6, 6.07) is 0. The summed E-state index contributed by atoms with van der Waals surface area (Å²) in [5, 5.41) is 0. The van der Waals surface area contributed by atoms with Crippen LogP contribution in [0.2, 0.25) is 0 Å². The fourth-order valence-electron chi connectivity index (χ4n) is 1.27. The standard InChI is InChI=1S/C9H18N2O2/c1-8(2)13-9(12)11-6-4-10(3)5-7-11/h8H,4-7H2,1-3H3. The van der Waals surface area contributed by atoms with Gasteiger partial charge in [0, 0.05) is 26.2 Å². The van der Waals surface area contributed by atoms with Crippen LogP contribution in [0.3, 0.4) is 0 Å². The van der Waals surface area contributed by atoms with Gasteiger partial charge in [0.1, 0.15) is 0 Å². The van der Waals surface area contributed by atoms with Gasteiger partial charge in [-0.05, 0) is 20.9 Å². The lowest BCUT2D eigenvalue weighted by Gasteiger charge is -2.32. The van der Waals surface area contributed by atoms with Crippen molar-refractivity contribution in [3.8, 4) is 0 Å². The topological polar surface area (TPSA) is 32.8 Å². The molecule has 1 saturated heterocycles. The summed E-state index contributed by atoms with van der Waals surface area (Å²) in [6.07, 6.45) is -0.199. The summed E-state index contributed by atoms with van der Waals surface area (Å²) in [5.41, 5.74) is 0. The summed E-state index contributed by atoms with van der Waals surface area (Å²) in [6.45, 7) is 7.17. The minimum Gasteiger partial charge on any atom is -0.447 e. The number of nitrogens with zero attached hydrogens (tertiary/aromatic N) is 2. The largest absolute Gasteiger partial charge is 0.447 e. The van der Waals surface area contributed by atoms with E-state index < -0.39 is 0 Å². The molecule has 0 radical (unpaired) electrons. The first-order valence-corrected chi connectivity index (χ1v) is 4.73. The maximum Gasteiger partial charge on any atom is 0.410 e. The predicted octanol–water partition coefficient (Wildman–Crippen LogP) is 0.779. The Hall–Kier alpha value is -0.770. The first-order valence-electron chi connectivity index (χ1n) is 4.73. The van der Waals surface area contributed by atoms with Crippen molar-refractivity contribution in [2.24, 2.45) is 0 Å². The molecular weight excluding hydrogens is 168 g/mol. The highest BCUT2D eigenvalue weighted by atomic mass is 16.6. The van der Waals surface area contributed by atoms with Crippen LogP contribution in [-0.2, 0) is 4.74 Å². The van der Waals surface area contributed by atoms with Gasteiger partial charge in [-0.2, -0.15) is 0 Å². The lowest BCUT2D eigenvalue weighted by atomic mass is 10.3. The Kier molecular flexibility index (Phi) is 3.54. The molecule has 0 unspecified atom stereocenters. The zero-order valence-corrected chi connectivity index (χ0v) is 8.62. The molecule has 1 heterocycles. The third-order valence-corrected chi connectivity index (χ3v) is 2.10. The number of ether oxygens (including phenoxy) is 1. The molecular formula is C9H18N2O2. The van der Waals surface area contributed by atoms with E-state index in [1.165, 1.54) is 0 Å². The summed E-state index contributed by atoms with van der Waals surface area (Å²) in [4.78, 5) is 15.4. The molecule has 4 nitrogen and oxygen atoms in total. The van der Waals surface area contributed by atoms with Crippen LogP contribution in [0.4, 0.5) is 4.79 Å². The van der Waals surface area contributed by atoms with Crippen molar-refractivity contribution in [3.05, 3.63) is 0 Å². The molecule has 0 N–H and O–H groups in total. The highest BCUT2D eigenvalue weighted by Crippen LogP contribution is 2.03. The van der Waals surface area contributed by atoms with Gasteiger partial charge in [-0.25, -0.2) is 4.79 Å². The molecule has 76 valence electrons. The second kappa shape index (κ2) is 4.46. The Morgan fingerprint density at radius 1 is 1.23 bits per heavy atom. The molecule has 1 amide bonds. The number of rotatable bonds is 1. The fourth-order valence-corrected chi connectivity index (χ4v) is 1.27. The highest BCUT2D eigenvalue weighted by molar-refractivity contribution is 5.67. The van der Waals surface area contributed by atoms with Gasteiger partial charge < -0.3 is 14.5 Å². The maximum atomic E-state index is 11.4. The van der Waals surface area contributed by atoms with Crippen LogP contribution in [0, 0.1) is 0 Å². The van der Waals surface area contributed by atoms with Gasteiger partial charge in [0.05, 0.1) is 6.10 Å². The molecule has 0 aromatic rings. The molecule has 0 atom stereocenters. The van der Waals surface area contributed by atoms with Crippen LogP contribution < -0.4 is 0 Å². The number of carbonyl (C=O) groups is 1.